The SMILES string of the molecule is Nc1ccsc1C(=O)Nc1ccc(Br)cc1Br. The normalized spacial score (nSPS) is 10.2. The van der Waals surface area contributed by atoms with Crippen molar-refractivity contribution < 1.29 is 4.79 Å². The van der Waals surface area contributed by atoms with Gasteiger partial charge in [-0.3, -0.25) is 4.79 Å². The van der Waals surface area contributed by atoms with Gasteiger partial charge in [-0.15, -0.1) is 11.3 Å². The van der Waals surface area contributed by atoms with Crippen molar-refractivity contribution in [1.82, 2.24) is 0 Å². The largest absolute Gasteiger partial charge is 0.397 e. The van der Waals surface area contributed by atoms with Crippen LogP contribution in [0.25, 0.3) is 0 Å². The van der Waals surface area contributed by atoms with Crippen molar-refractivity contribution in [1.29, 1.82) is 0 Å². The number of benzene rings is 1. The number of hydrogen-bond donors (Lipinski definition) is 2. The Bertz CT molecular complexity index is 568. The summed E-state index contributed by atoms with van der Waals surface area (Å²) in [5.74, 6) is -0.194. The smallest absolute Gasteiger partial charge is 0.267 e. The van der Waals surface area contributed by atoms with Gasteiger partial charge in [0.05, 0.1) is 11.4 Å². The monoisotopic (exact) mass is 374 g/mol. The van der Waals surface area contributed by atoms with Gasteiger partial charge in [-0.05, 0) is 45.6 Å². The molecule has 3 nitrogen and oxygen atoms in total. The summed E-state index contributed by atoms with van der Waals surface area (Å²) in [5, 5.41) is 4.60. The van der Waals surface area contributed by atoms with Crippen LogP contribution in [-0.4, -0.2) is 5.91 Å². The molecule has 1 heterocycles. The summed E-state index contributed by atoms with van der Waals surface area (Å²) in [5.41, 5.74) is 6.90. The molecule has 2 rings (SSSR count). The second-order valence-electron chi connectivity index (χ2n) is 3.28. The van der Waals surface area contributed by atoms with Gasteiger partial charge in [0.25, 0.3) is 5.91 Å². The lowest BCUT2D eigenvalue weighted by molar-refractivity contribution is 0.103. The third-order valence-electron chi connectivity index (χ3n) is 2.08. The molecule has 0 aliphatic heterocycles. The summed E-state index contributed by atoms with van der Waals surface area (Å²) in [6, 6.07) is 7.26. The van der Waals surface area contributed by atoms with E-state index in [9.17, 15) is 4.79 Å². The number of thiophene rings is 1. The highest BCUT2D eigenvalue weighted by Crippen LogP contribution is 2.27. The van der Waals surface area contributed by atoms with E-state index in [1.54, 1.807) is 11.4 Å². The molecule has 6 heteroatoms. The van der Waals surface area contributed by atoms with Gasteiger partial charge in [0.15, 0.2) is 0 Å². The molecule has 3 N–H and O–H groups in total. The molecule has 2 aromatic rings. The fourth-order valence-corrected chi connectivity index (χ4v) is 3.13. The van der Waals surface area contributed by atoms with Crippen LogP contribution in [0.4, 0.5) is 11.4 Å². The van der Waals surface area contributed by atoms with Gasteiger partial charge in [0, 0.05) is 8.95 Å². The lowest BCUT2D eigenvalue weighted by Gasteiger charge is -2.07. The maximum atomic E-state index is 11.9. The molecule has 1 amide bonds. The van der Waals surface area contributed by atoms with Gasteiger partial charge < -0.3 is 11.1 Å². The maximum Gasteiger partial charge on any atom is 0.267 e. The third-order valence-corrected chi connectivity index (χ3v) is 4.16. The predicted octanol–water partition coefficient (Wildman–Crippen LogP) is 4.11. The van der Waals surface area contributed by atoms with Crippen LogP contribution in [0.15, 0.2) is 38.6 Å². The average molecular weight is 376 g/mol. The zero-order chi connectivity index (χ0) is 12.4. The van der Waals surface area contributed by atoms with E-state index in [1.807, 2.05) is 18.2 Å². The number of nitrogen functional groups attached to an aromatic ring is 1. The topological polar surface area (TPSA) is 55.1 Å². The lowest BCUT2D eigenvalue weighted by Crippen LogP contribution is -2.12. The molecular formula is C11H8Br2N2OS. The van der Waals surface area contributed by atoms with Crippen LogP contribution >= 0.6 is 43.2 Å². The highest BCUT2D eigenvalue weighted by Gasteiger charge is 2.12. The van der Waals surface area contributed by atoms with E-state index >= 15 is 0 Å². The van der Waals surface area contributed by atoms with Gasteiger partial charge in [0.1, 0.15) is 4.88 Å². The van der Waals surface area contributed by atoms with Crippen molar-refractivity contribution in [2.45, 2.75) is 0 Å². The van der Waals surface area contributed by atoms with E-state index in [4.69, 9.17) is 5.73 Å². The molecule has 17 heavy (non-hydrogen) atoms. The Labute approximate surface area is 119 Å². The number of nitrogens with two attached hydrogens (primary N) is 1. The van der Waals surface area contributed by atoms with Crippen molar-refractivity contribution >= 4 is 60.5 Å². The van der Waals surface area contributed by atoms with E-state index in [0.29, 0.717) is 16.3 Å². The minimum Gasteiger partial charge on any atom is -0.397 e. The molecule has 0 unspecified atom stereocenters. The third kappa shape index (κ3) is 2.88. The summed E-state index contributed by atoms with van der Waals surface area (Å²) < 4.78 is 1.76. The van der Waals surface area contributed by atoms with Crippen LogP contribution < -0.4 is 11.1 Å². The standard InChI is InChI=1S/C11H8Br2N2OS/c12-6-1-2-9(7(13)5-6)15-11(16)10-8(14)3-4-17-10/h1-5H,14H2,(H,15,16). The Morgan fingerprint density at radius 1 is 1.29 bits per heavy atom. The molecule has 0 aliphatic carbocycles. The van der Waals surface area contributed by atoms with Crippen LogP contribution in [0.5, 0.6) is 0 Å². The van der Waals surface area contributed by atoms with Gasteiger partial charge in [-0.2, -0.15) is 0 Å². The Balaban J connectivity index is 2.22. The van der Waals surface area contributed by atoms with Crippen molar-refractivity contribution in [3.8, 4) is 0 Å². The van der Waals surface area contributed by atoms with Crippen molar-refractivity contribution in [3.05, 3.63) is 43.5 Å². The Morgan fingerprint density at radius 2 is 2.06 bits per heavy atom. The zero-order valence-electron chi connectivity index (χ0n) is 8.54. The van der Waals surface area contributed by atoms with E-state index < -0.39 is 0 Å². The highest BCUT2D eigenvalue weighted by molar-refractivity contribution is 9.11. The highest BCUT2D eigenvalue weighted by atomic mass is 79.9. The van der Waals surface area contributed by atoms with E-state index in [1.165, 1.54) is 11.3 Å². The lowest BCUT2D eigenvalue weighted by atomic mass is 10.3. The fourth-order valence-electron chi connectivity index (χ4n) is 1.27. The summed E-state index contributed by atoms with van der Waals surface area (Å²) >= 11 is 8.06. The molecule has 0 radical (unpaired) electrons. The molecule has 0 saturated heterocycles. The molecule has 1 aromatic heterocycles. The van der Waals surface area contributed by atoms with Crippen LogP contribution in [0.2, 0.25) is 0 Å². The van der Waals surface area contributed by atoms with Crippen LogP contribution in [-0.2, 0) is 0 Å². The molecule has 0 fully saturated rings. The number of amides is 1. The molecule has 88 valence electrons. The first-order valence-corrected chi connectivity index (χ1v) is 7.14. The maximum absolute atomic E-state index is 11.9. The number of carbonyl (C=O) groups is 1. The fraction of sp³-hybridized carbons (Fsp3) is 0. The Hall–Kier alpha value is -0.850. The number of hydrogen-bond acceptors (Lipinski definition) is 3. The minimum absolute atomic E-state index is 0.194. The average Bonchev–Trinajstić information content (AvgIpc) is 2.68. The number of halogens is 2. The van der Waals surface area contributed by atoms with Gasteiger partial charge >= 0.3 is 0 Å². The number of rotatable bonds is 2. The second kappa shape index (κ2) is 5.20. The number of anilines is 2. The van der Waals surface area contributed by atoms with Gasteiger partial charge in [-0.25, -0.2) is 0 Å². The molecule has 0 spiro atoms. The molecule has 0 aliphatic rings. The molecular weight excluding hydrogens is 368 g/mol. The quantitative estimate of drug-likeness (QED) is 0.829. The van der Waals surface area contributed by atoms with E-state index in [0.717, 1.165) is 8.95 Å². The second-order valence-corrected chi connectivity index (χ2v) is 5.97. The minimum atomic E-state index is -0.194. The van der Waals surface area contributed by atoms with Crippen LogP contribution in [0.3, 0.4) is 0 Å². The summed E-state index contributed by atoms with van der Waals surface area (Å²) in [6.07, 6.45) is 0. The van der Waals surface area contributed by atoms with Crippen molar-refractivity contribution in [2.24, 2.45) is 0 Å². The molecule has 1 aromatic carbocycles. The summed E-state index contributed by atoms with van der Waals surface area (Å²) in [6.45, 7) is 0. The summed E-state index contributed by atoms with van der Waals surface area (Å²) in [4.78, 5) is 12.4. The van der Waals surface area contributed by atoms with Crippen molar-refractivity contribution in [3.63, 3.8) is 0 Å². The van der Waals surface area contributed by atoms with Gasteiger partial charge in [0.2, 0.25) is 0 Å². The Morgan fingerprint density at radius 3 is 2.65 bits per heavy atom. The first-order valence-electron chi connectivity index (χ1n) is 4.67. The summed E-state index contributed by atoms with van der Waals surface area (Å²) in [7, 11) is 0. The first kappa shape index (κ1) is 12.6. The molecule has 0 saturated carbocycles. The van der Waals surface area contributed by atoms with E-state index in [-0.39, 0.29) is 5.91 Å². The predicted molar refractivity (Wildman–Crippen MR) is 78.5 cm³/mol. The Kier molecular flexibility index (Phi) is 3.86. The zero-order valence-corrected chi connectivity index (χ0v) is 12.5. The van der Waals surface area contributed by atoms with Crippen molar-refractivity contribution in [2.75, 3.05) is 11.1 Å². The molecule has 0 bridgehead atoms. The van der Waals surface area contributed by atoms with Crippen LogP contribution in [0.1, 0.15) is 9.67 Å². The number of nitrogens with one attached hydrogen (secondary N) is 1. The number of carbonyl (C=O) groups excluding carboxylic acids is 1. The van der Waals surface area contributed by atoms with Gasteiger partial charge in [-0.1, -0.05) is 15.9 Å². The van der Waals surface area contributed by atoms with Crippen LogP contribution in [0, 0.1) is 0 Å². The molecule has 0 atom stereocenters. The van der Waals surface area contributed by atoms with E-state index in [2.05, 4.69) is 37.2 Å². The first-order chi connectivity index (χ1) is 8.08.